The van der Waals surface area contributed by atoms with Crippen molar-refractivity contribution in [2.45, 2.75) is 43.0 Å². The van der Waals surface area contributed by atoms with E-state index in [0.29, 0.717) is 29.7 Å². The highest BCUT2D eigenvalue weighted by atomic mass is 32.2. The number of hydrogen-bond acceptors (Lipinski definition) is 4. The predicted molar refractivity (Wildman–Crippen MR) is 156 cm³/mol. The zero-order valence-corrected chi connectivity index (χ0v) is 22.8. The number of anilines is 1. The first-order valence-electron chi connectivity index (χ1n) is 13.2. The lowest BCUT2D eigenvalue weighted by Gasteiger charge is -2.19. The van der Waals surface area contributed by atoms with Gasteiger partial charge in [0.1, 0.15) is 0 Å². The zero-order chi connectivity index (χ0) is 28.1. The number of carbonyl (C=O) groups excluding carboxylic acids is 2. The fourth-order valence-corrected chi connectivity index (χ4v) is 6.00. The number of sulfonamides is 1. The lowest BCUT2D eigenvalue weighted by molar-refractivity contribution is -0.115. The Bertz CT molecular complexity index is 1620. The monoisotopic (exact) mass is 553 g/mol. The van der Waals surface area contributed by atoms with E-state index in [4.69, 9.17) is 5.73 Å². The zero-order valence-electron chi connectivity index (χ0n) is 22.0. The van der Waals surface area contributed by atoms with Gasteiger partial charge >= 0.3 is 0 Å². The van der Waals surface area contributed by atoms with Crippen molar-refractivity contribution >= 4 is 27.5 Å². The molecular weight excluding hydrogens is 522 g/mol. The van der Waals surface area contributed by atoms with Crippen molar-refractivity contribution in [1.82, 2.24) is 4.72 Å². The number of nitrogens with one attached hydrogen (secondary N) is 2. The third-order valence-electron chi connectivity index (χ3n) is 6.92. The third kappa shape index (κ3) is 6.83. The second-order valence-corrected chi connectivity index (χ2v) is 11.8. The van der Waals surface area contributed by atoms with Gasteiger partial charge in [-0.3, -0.25) is 9.59 Å². The second-order valence-electron chi connectivity index (χ2n) is 10.1. The SMILES string of the molecule is NC(=O)c1ccc(NC(=O)Cc2ccc(S(=O)(=O)NC3CC3)cc2)c(Cc2ccccc2)c1Cc1ccccc1. The van der Waals surface area contributed by atoms with Crippen LogP contribution < -0.4 is 15.8 Å². The summed E-state index contributed by atoms with van der Waals surface area (Å²) in [7, 11) is -3.56. The van der Waals surface area contributed by atoms with Crippen molar-refractivity contribution in [3.63, 3.8) is 0 Å². The first kappa shape index (κ1) is 27.3. The molecule has 2 amide bonds. The van der Waals surface area contributed by atoms with Crippen LogP contribution in [0.5, 0.6) is 0 Å². The van der Waals surface area contributed by atoms with Crippen LogP contribution in [0.4, 0.5) is 5.69 Å². The maximum atomic E-state index is 13.2. The number of nitrogens with two attached hydrogens (primary N) is 1. The Hall–Kier alpha value is -4.27. The van der Waals surface area contributed by atoms with E-state index in [-0.39, 0.29) is 23.3 Å². The molecule has 5 rings (SSSR count). The highest BCUT2D eigenvalue weighted by Gasteiger charge is 2.28. The van der Waals surface area contributed by atoms with Gasteiger partial charge in [0.25, 0.3) is 0 Å². The molecule has 4 N–H and O–H groups in total. The van der Waals surface area contributed by atoms with Gasteiger partial charge in [0.2, 0.25) is 21.8 Å². The molecule has 0 unspecified atom stereocenters. The predicted octanol–water partition coefficient (Wildman–Crippen LogP) is 4.59. The summed E-state index contributed by atoms with van der Waals surface area (Å²) in [5.74, 6) is -0.775. The summed E-state index contributed by atoms with van der Waals surface area (Å²) in [5.41, 5.74) is 11.2. The molecule has 1 aliphatic rings. The van der Waals surface area contributed by atoms with E-state index in [1.165, 1.54) is 12.1 Å². The summed E-state index contributed by atoms with van der Waals surface area (Å²) in [5, 5.41) is 3.03. The maximum Gasteiger partial charge on any atom is 0.249 e. The molecule has 1 fully saturated rings. The van der Waals surface area contributed by atoms with Crippen molar-refractivity contribution in [2.24, 2.45) is 5.73 Å². The smallest absolute Gasteiger partial charge is 0.249 e. The first-order valence-corrected chi connectivity index (χ1v) is 14.7. The molecule has 0 atom stereocenters. The minimum Gasteiger partial charge on any atom is -0.366 e. The minimum absolute atomic E-state index is 0.0215. The van der Waals surface area contributed by atoms with Crippen LogP contribution in [-0.4, -0.2) is 26.3 Å². The van der Waals surface area contributed by atoms with E-state index in [1.807, 2.05) is 60.7 Å². The molecule has 0 spiro atoms. The largest absolute Gasteiger partial charge is 0.366 e. The highest BCUT2D eigenvalue weighted by molar-refractivity contribution is 7.89. The third-order valence-corrected chi connectivity index (χ3v) is 8.45. The molecule has 0 bridgehead atoms. The molecule has 0 aromatic heterocycles. The van der Waals surface area contributed by atoms with E-state index in [0.717, 1.165) is 35.1 Å². The van der Waals surface area contributed by atoms with Crippen molar-refractivity contribution in [3.8, 4) is 0 Å². The second kappa shape index (κ2) is 11.9. The summed E-state index contributed by atoms with van der Waals surface area (Å²) in [6.45, 7) is 0. The Morgan fingerprint density at radius 3 is 1.85 bits per heavy atom. The Kier molecular flexibility index (Phi) is 8.09. The van der Waals surface area contributed by atoms with Crippen LogP contribution in [0.1, 0.15) is 51.0 Å². The van der Waals surface area contributed by atoms with Crippen LogP contribution in [0.15, 0.2) is 102 Å². The van der Waals surface area contributed by atoms with Crippen LogP contribution in [0.25, 0.3) is 0 Å². The number of amides is 2. The van der Waals surface area contributed by atoms with Crippen LogP contribution in [-0.2, 0) is 34.1 Å². The first-order chi connectivity index (χ1) is 19.3. The summed E-state index contributed by atoms with van der Waals surface area (Å²) < 4.78 is 27.6. The number of carbonyl (C=O) groups is 2. The van der Waals surface area contributed by atoms with Gasteiger partial charge in [-0.1, -0.05) is 72.8 Å². The molecule has 1 aliphatic carbocycles. The molecule has 204 valence electrons. The molecule has 7 nitrogen and oxygen atoms in total. The van der Waals surface area contributed by atoms with Crippen molar-refractivity contribution in [1.29, 1.82) is 0 Å². The van der Waals surface area contributed by atoms with Gasteiger partial charge in [-0.25, -0.2) is 13.1 Å². The quantitative estimate of drug-likeness (QED) is 0.252. The molecule has 4 aromatic carbocycles. The summed E-state index contributed by atoms with van der Waals surface area (Å²) in [6, 6.07) is 29.4. The average Bonchev–Trinajstić information content (AvgIpc) is 3.75. The molecule has 40 heavy (non-hydrogen) atoms. The molecule has 4 aromatic rings. The van der Waals surface area contributed by atoms with E-state index < -0.39 is 15.9 Å². The molecule has 0 aliphatic heterocycles. The number of primary amides is 1. The van der Waals surface area contributed by atoms with Crippen LogP contribution in [0.3, 0.4) is 0 Å². The highest BCUT2D eigenvalue weighted by Crippen LogP contribution is 2.29. The van der Waals surface area contributed by atoms with E-state index >= 15 is 0 Å². The maximum absolute atomic E-state index is 13.2. The summed E-state index contributed by atoms with van der Waals surface area (Å²) in [4.78, 5) is 25.8. The molecule has 0 radical (unpaired) electrons. The van der Waals surface area contributed by atoms with E-state index in [2.05, 4.69) is 10.0 Å². The fourth-order valence-electron chi connectivity index (χ4n) is 4.70. The summed E-state index contributed by atoms with van der Waals surface area (Å²) >= 11 is 0. The Morgan fingerprint density at radius 1 is 0.725 bits per heavy atom. The standard InChI is InChI=1S/C32H31N3O4S/c33-32(37)27-17-18-30(29(20-23-9-5-2-6-10-23)28(27)19-22-7-3-1-4-8-22)34-31(36)21-24-11-15-26(16-12-24)40(38,39)35-25-13-14-25/h1-12,15-18,25,35H,13-14,19-21H2,(H2,33,37)(H,34,36). The van der Waals surface area contributed by atoms with Gasteiger partial charge in [-0.2, -0.15) is 0 Å². The Morgan fingerprint density at radius 2 is 1.30 bits per heavy atom. The van der Waals surface area contributed by atoms with Crippen LogP contribution >= 0.6 is 0 Å². The minimum atomic E-state index is -3.56. The van der Waals surface area contributed by atoms with Crippen LogP contribution in [0.2, 0.25) is 0 Å². The topological polar surface area (TPSA) is 118 Å². The van der Waals surface area contributed by atoms with Crippen molar-refractivity contribution in [2.75, 3.05) is 5.32 Å². The van der Waals surface area contributed by atoms with Gasteiger partial charge < -0.3 is 11.1 Å². The van der Waals surface area contributed by atoms with E-state index in [1.54, 1.807) is 24.3 Å². The molecule has 0 heterocycles. The van der Waals surface area contributed by atoms with Crippen LogP contribution in [0, 0.1) is 0 Å². The van der Waals surface area contributed by atoms with Gasteiger partial charge in [-0.05, 0) is 77.8 Å². The molecule has 0 saturated heterocycles. The normalized spacial score (nSPS) is 13.1. The molecule has 1 saturated carbocycles. The van der Waals surface area contributed by atoms with Gasteiger partial charge in [0, 0.05) is 17.3 Å². The average molecular weight is 554 g/mol. The Balaban J connectivity index is 1.42. The lowest BCUT2D eigenvalue weighted by Crippen LogP contribution is -2.25. The molecular formula is C32H31N3O4S. The van der Waals surface area contributed by atoms with Gasteiger partial charge in [0.15, 0.2) is 0 Å². The van der Waals surface area contributed by atoms with Crippen molar-refractivity contribution in [3.05, 3.63) is 130 Å². The van der Waals surface area contributed by atoms with Gasteiger partial charge in [-0.15, -0.1) is 0 Å². The number of hydrogen-bond donors (Lipinski definition) is 3. The number of benzene rings is 4. The van der Waals surface area contributed by atoms with Crippen molar-refractivity contribution < 1.29 is 18.0 Å². The molecule has 8 heteroatoms. The Labute approximate surface area is 234 Å². The van der Waals surface area contributed by atoms with E-state index in [9.17, 15) is 18.0 Å². The fraction of sp³-hybridized carbons (Fsp3) is 0.188. The summed E-state index contributed by atoms with van der Waals surface area (Å²) in [6.07, 6.45) is 2.76. The number of rotatable bonds is 11. The van der Waals surface area contributed by atoms with Gasteiger partial charge in [0.05, 0.1) is 11.3 Å². The lowest BCUT2D eigenvalue weighted by atomic mass is 9.89.